The maximum absolute atomic E-state index is 11.9. The van der Waals surface area contributed by atoms with Crippen LogP contribution in [-0.2, 0) is 4.74 Å². The Bertz CT molecular complexity index is 1440. The van der Waals surface area contributed by atoms with Crippen LogP contribution in [0.5, 0.6) is 5.75 Å². The van der Waals surface area contributed by atoms with E-state index in [9.17, 15) is 4.79 Å². The number of piperidine rings is 1. The number of aromatic nitrogens is 5. The molecular formula is C27H30N8O3. The topological polar surface area (TPSA) is 128 Å². The summed E-state index contributed by atoms with van der Waals surface area (Å²) in [5.41, 5.74) is 4.12. The number of pyridine rings is 2. The third-order valence-corrected chi connectivity index (χ3v) is 6.75. The van der Waals surface area contributed by atoms with Crippen LogP contribution in [0.3, 0.4) is 0 Å². The van der Waals surface area contributed by atoms with E-state index >= 15 is 0 Å². The van der Waals surface area contributed by atoms with E-state index in [1.807, 2.05) is 38.4 Å². The molecule has 196 valence electrons. The minimum Gasteiger partial charge on any atom is -0.488 e. The van der Waals surface area contributed by atoms with Crippen molar-refractivity contribution in [2.75, 3.05) is 25.1 Å². The number of hydrogen-bond donors (Lipinski definition) is 3. The third-order valence-electron chi connectivity index (χ3n) is 6.75. The van der Waals surface area contributed by atoms with Crippen LogP contribution >= 0.6 is 0 Å². The van der Waals surface area contributed by atoms with Crippen LogP contribution in [0.4, 0.5) is 11.6 Å². The quantitative estimate of drug-likeness (QED) is 0.341. The fraction of sp³-hybridized carbons (Fsp3) is 0.370. The Balaban J connectivity index is 1.22. The third kappa shape index (κ3) is 5.15. The SMILES string of the molecule is CCNC(=O)c1cnc(Nc2cc3cc(-c4cc(C)ncc4O[C@H]4C[C@H]5COC[C@@H](C4)N5)ccn3n2)cn1. The first-order valence-corrected chi connectivity index (χ1v) is 12.9. The summed E-state index contributed by atoms with van der Waals surface area (Å²) >= 11 is 0. The standard InChI is InChI=1S/C27H30N8O3/c1-3-28-27(36)23-11-31-26(13-30-23)33-25-10-20-7-17(4-5-35(20)34-25)22-6-16(2)29-12-24(22)38-21-8-18-14-37-15-19(9-21)32-18/h4-7,10-13,18-19,21,32H,3,8-9,14-15H2,1-2H3,(H,28,36)(H,31,33,34)/t18-,19+,21-. The van der Waals surface area contributed by atoms with Gasteiger partial charge in [-0.2, -0.15) is 5.10 Å². The first-order valence-electron chi connectivity index (χ1n) is 12.9. The molecule has 3 atom stereocenters. The Morgan fingerprint density at radius 1 is 1.11 bits per heavy atom. The molecule has 2 aliphatic rings. The Morgan fingerprint density at radius 3 is 2.71 bits per heavy atom. The molecule has 2 saturated heterocycles. The van der Waals surface area contributed by atoms with Crippen LogP contribution in [0, 0.1) is 6.92 Å². The number of nitrogens with zero attached hydrogens (tertiary/aromatic N) is 5. The highest BCUT2D eigenvalue weighted by Crippen LogP contribution is 2.34. The maximum Gasteiger partial charge on any atom is 0.271 e. The van der Waals surface area contributed by atoms with Crippen LogP contribution in [0.2, 0.25) is 0 Å². The molecule has 11 heteroatoms. The highest BCUT2D eigenvalue weighted by atomic mass is 16.5. The van der Waals surface area contributed by atoms with Gasteiger partial charge in [0.05, 0.1) is 37.3 Å². The molecule has 6 rings (SSSR count). The number of amides is 1. The molecule has 38 heavy (non-hydrogen) atoms. The molecule has 3 N–H and O–H groups in total. The molecule has 2 aliphatic heterocycles. The van der Waals surface area contributed by atoms with Gasteiger partial charge in [-0.05, 0) is 37.6 Å². The Kier molecular flexibility index (Phi) is 6.61. The summed E-state index contributed by atoms with van der Waals surface area (Å²) in [5.74, 6) is 1.65. The van der Waals surface area contributed by atoms with Crippen LogP contribution in [-0.4, -0.2) is 68.4 Å². The fourth-order valence-corrected chi connectivity index (χ4v) is 5.04. The van der Waals surface area contributed by atoms with Gasteiger partial charge in [0.2, 0.25) is 0 Å². The highest BCUT2D eigenvalue weighted by molar-refractivity contribution is 5.92. The maximum atomic E-state index is 11.9. The van der Waals surface area contributed by atoms with Crippen molar-refractivity contribution < 1.29 is 14.3 Å². The number of carbonyl (C=O) groups excluding carboxylic acids is 1. The lowest BCUT2D eigenvalue weighted by molar-refractivity contribution is -0.0122. The Hall–Kier alpha value is -4.09. The molecular weight excluding hydrogens is 484 g/mol. The van der Waals surface area contributed by atoms with E-state index in [2.05, 4.69) is 48.1 Å². The van der Waals surface area contributed by atoms with Crippen LogP contribution in [0.15, 0.2) is 49.1 Å². The first kappa shape index (κ1) is 24.3. The second-order valence-electron chi connectivity index (χ2n) is 9.72. The van der Waals surface area contributed by atoms with Gasteiger partial charge in [-0.3, -0.25) is 9.78 Å². The van der Waals surface area contributed by atoms with E-state index in [4.69, 9.17) is 9.47 Å². The number of morpholine rings is 1. The summed E-state index contributed by atoms with van der Waals surface area (Å²) in [7, 11) is 0. The molecule has 2 bridgehead atoms. The first-order chi connectivity index (χ1) is 18.5. The van der Waals surface area contributed by atoms with Crippen molar-refractivity contribution in [1.29, 1.82) is 0 Å². The predicted octanol–water partition coefficient (Wildman–Crippen LogP) is 2.89. The molecule has 4 aromatic heterocycles. The molecule has 11 nitrogen and oxygen atoms in total. The van der Waals surface area contributed by atoms with Crippen molar-refractivity contribution >= 4 is 23.1 Å². The van der Waals surface area contributed by atoms with Gasteiger partial charge in [0.25, 0.3) is 5.91 Å². The number of anilines is 2. The zero-order valence-electron chi connectivity index (χ0n) is 21.3. The minimum atomic E-state index is -0.251. The Morgan fingerprint density at radius 2 is 1.95 bits per heavy atom. The molecule has 0 unspecified atom stereocenters. The molecule has 0 spiro atoms. The number of hydrogen-bond acceptors (Lipinski definition) is 9. The molecule has 4 aromatic rings. The lowest BCUT2D eigenvalue weighted by Crippen LogP contribution is -2.56. The fourth-order valence-electron chi connectivity index (χ4n) is 5.04. The monoisotopic (exact) mass is 514 g/mol. The lowest BCUT2D eigenvalue weighted by Gasteiger charge is -2.40. The molecule has 2 fully saturated rings. The number of fused-ring (bicyclic) bond motifs is 3. The van der Waals surface area contributed by atoms with Crippen molar-refractivity contribution in [3.63, 3.8) is 0 Å². The van der Waals surface area contributed by atoms with Crippen molar-refractivity contribution in [2.45, 2.75) is 44.9 Å². The number of nitrogens with one attached hydrogen (secondary N) is 3. The van der Waals surface area contributed by atoms with E-state index in [1.54, 1.807) is 4.52 Å². The Labute approximate surface area is 220 Å². The number of rotatable bonds is 7. The van der Waals surface area contributed by atoms with Crippen molar-refractivity contribution in [3.8, 4) is 16.9 Å². The van der Waals surface area contributed by atoms with Crippen molar-refractivity contribution in [2.24, 2.45) is 0 Å². The number of carbonyl (C=O) groups is 1. The smallest absolute Gasteiger partial charge is 0.271 e. The summed E-state index contributed by atoms with van der Waals surface area (Å²) in [5, 5.41) is 14.1. The van der Waals surface area contributed by atoms with Gasteiger partial charge in [-0.15, -0.1) is 0 Å². The van der Waals surface area contributed by atoms with Crippen molar-refractivity contribution in [1.82, 2.24) is 35.2 Å². The molecule has 0 aliphatic carbocycles. The van der Waals surface area contributed by atoms with Crippen LogP contribution in [0.25, 0.3) is 16.6 Å². The summed E-state index contributed by atoms with van der Waals surface area (Å²) < 4.78 is 14.0. The van der Waals surface area contributed by atoms with Gasteiger partial charge < -0.3 is 25.4 Å². The zero-order valence-corrected chi connectivity index (χ0v) is 21.3. The minimum absolute atomic E-state index is 0.119. The summed E-state index contributed by atoms with van der Waals surface area (Å²) in [6.07, 6.45) is 8.65. The second kappa shape index (κ2) is 10.3. The largest absolute Gasteiger partial charge is 0.488 e. The van der Waals surface area contributed by atoms with E-state index in [0.717, 1.165) is 54.1 Å². The predicted molar refractivity (Wildman–Crippen MR) is 142 cm³/mol. The molecule has 0 saturated carbocycles. The van der Waals surface area contributed by atoms with Gasteiger partial charge in [0.15, 0.2) is 5.82 Å². The van der Waals surface area contributed by atoms with E-state index < -0.39 is 0 Å². The normalized spacial score (nSPS) is 20.7. The van der Waals surface area contributed by atoms with E-state index in [1.165, 1.54) is 12.4 Å². The van der Waals surface area contributed by atoms with Gasteiger partial charge in [0.1, 0.15) is 23.4 Å². The lowest BCUT2D eigenvalue weighted by atomic mass is 9.94. The number of ether oxygens (including phenoxy) is 2. The molecule has 1 amide bonds. The van der Waals surface area contributed by atoms with Gasteiger partial charge >= 0.3 is 0 Å². The highest BCUT2D eigenvalue weighted by Gasteiger charge is 2.33. The summed E-state index contributed by atoms with van der Waals surface area (Å²) in [6.45, 7) is 5.83. The molecule has 0 radical (unpaired) electrons. The van der Waals surface area contributed by atoms with Crippen molar-refractivity contribution in [3.05, 3.63) is 60.4 Å². The summed E-state index contributed by atoms with van der Waals surface area (Å²) in [6, 6.07) is 8.76. The van der Waals surface area contributed by atoms with Gasteiger partial charge in [-0.1, -0.05) is 0 Å². The van der Waals surface area contributed by atoms with Crippen LogP contribution < -0.4 is 20.7 Å². The molecule has 0 aromatic carbocycles. The van der Waals surface area contributed by atoms with Gasteiger partial charge in [0, 0.05) is 55.0 Å². The van der Waals surface area contributed by atoms with E-state index in [-0.39, 0.29) is 17.7 Å². The van der Waals surface area contributed by atoms with E-state index in [0.29, 0.717) is 30.3 Å². The number of aryl methyl sites for hydroxylation is 1. The average Bonchev–Trinajstić information content (AvgIpc) is 3.31. The zero-order chi connectivity index (χ0) is 26.1. The summed E-state index contributed by atoms with van der Waals surface area (Å²) in [4.78, 5) is 24.9. The molecule has 6 heterocycles. The second-order valence-corrected chi connectivity index (χ2v) is 9.72. The average molecular weight is 515 g/mol. The van der Waals surface area contributed by atoms with Crippen LogP contribution in [0.1, 0.15) is 35.9 Å². The van der Waals surface area contributed by atoms with Gasteiger partial charge in [-0.25, -0.2) is 14.5 Å².